The number of hydrogen-bond acceptors (Lipinski definition) is 4. The first kappa shape index (κ1) is 13.0. The van der Waals surface area contributed by atoms with Crippen molar-refractivity contribution in [3.63, 3.8) is 0 Å². The Hall–Kier alpha value is -1.46. The molecule has 1 heterocycles. The Morgan fingerprint density at radius 3 is 2.44 bits per heavy atom. The number of benzene rings is 1. The number of ether oxygens (including phenoxy) is 1. The third-order valence-electron chi connectivity index (χ3n) is 2.62. The molecule has 0 bridgehead atoms. The first-order valence-electron chi connectivity index (χ1n) is 5.56. The SMILES string of the molecule is COc1ccc(C(N)Cc2ccc(Br)cc2)nn1. The molecule has 1 unspecified atom stereocenters. The number of nitrogens with zero attached hydrogens (tertiary/aromatic N) is 2. The zero-order valence-electron chi connectivity index (χ0n) is 10.0. The fourth-order valence-corrected chi connectivity index (χ4v) is 1.88. The normalized spacial score (nSPS) is 12.2. The van der Waals surface area contributed by atoms with Gasteiger partial charge in [-0.1, -0.05) is 28.1 Å². The smallest absolute Gasteiger partial charge is 0.233 e. The van der Waals surface area contributed by atoms with Gasteiger partial charge < -0.3 is 10.5 Å². The second-order valence-electron chi connectivity index (χ2n) is 3.94. The summed E-state index contributed by atoms with van der Waals surface area (Å²) in [6.45, 7) is 0. The van der Waals surface area contributed by atoms with Crippen molar-refractivity contribution in [2.75, 3.05) is 7.11 Å². The topological polar surface area (TPSA) is 61.0 Å². The molecular formula is C13H14BrN3O. The van der Waals surface area contributed by atoms with Crippen molar-refractivity contribution in [3.8, 4) is 5.88 Å². The molecule has 1 atom stereocenters. The van der Waals surface area contributed by atoms with Gasteiger partial charge in [-0.2, -0.15) is 5.10 Å². The maximum atomic E-state index is 6.10. The Labute approximate surface area is 114 Å². The Morgan fingerprint density at radius 2 is 1.89 bits per heavy atom. The Morgan fingerprint density at radius 1 is 1.17 bits per heavy atom. The minimum Gasteiger partial charge on any atom is -0.480 e. The second kappa shape index (κ2) is 5.93. The van der Waals surface area contributed by atoms with Crippen LogP contribution >= 0.6 is 15.9 Å². The molecule has 0 fully saturated rings. The second-order valence-corrected chi connectivity index (χ2v) is 4.85. The molecule has 2 rings (SSSR count). The van der Waals surface area contributed by atoms with E-state index in [0.717, 1.165) is 16.6 Å². The van der Waals surface area contributed by atoms with Gasteiger partial charge in [0.05, 0.1) is 18.8 Å². The Balaban J connectivity index is 2.06. The van der Waals surface area contributed by atoms with E-state index in [9.17, 15) is 0 Å². The van der Waals surface area contributed by atoms with Gasteiger partial charge in [-0.25, -0.2) is 0 Å². The highest BCUT2D eigenvalue weighted by molar-refractivity contribution is 9.10. The summed E-state index contributed by atoms with van der Waals surface area (Å²) < 4.78 is 6.02. The molecule has 0 aliphatic heterocycles. The predicted octanol–water partition coefficient (Wildman–Crippen LogP) is 2.49. The molecule has 0 aliphatic carbocycles. The molecule has 5 heteroatoms. The summed E-state index contributed by atoms with van der Waals surface area (Å²) in [7, 11) is 1.56. The van der Waals surface area contributed by atoms with Gasteiger partial charge in [0, 0.05) is 10.5 Å². The van der Waals surface area contributed by atoms with Gasteiger partial charge >= 0.3 is 0 Å². The van der Waals surface area contributed by atoms with E-state index in [2.05, 4.69) is 26.1 Å². The lowest BCUT2D eigenvalue weighted by atomic mass is 10.0. The lowest BCUT2D eigenvalue weighted by molar-refractivity contribution is 0.390. The molecule has 0 saturated carbocycles. The van der Waals surface area contributed by atoms with Crippen molar-refractivity contribution in [1.29, 1.82) is 0 Å². The summed E-state index contributed by atoms with van der Waals surface area (Å²) in [6, 6.07) is 11.5. The number of hydrogen-bond donors (Lipinski definition) is 1. The lowest BCUT2D eigenvalue weighted by Crippen LogP contribution is -2.15. The maximum Gasteiger partial charge on any atom is 0.233 e. The average Bonchev–Trinajstić information content (AvgIpc) is 2.41. The van der Waals surface area contributed by atoms with Crippen molar-refractivity contribution < 1.29 is 4.74 Å². The zero-order chi connectivity index (χ0) is 13.0. The van der Waals surface area contributed by atoms with Crippen LogP contribution in [0.3, 0.4) is 0 Å². The molecule has 0 saturated heterocycles. The number of rotatable bonds is 4. The van der Waals surface area contributed by atoms with Crippen LogP contribution in [0.25, 0.3) is 0 Å². The number of methoxy groups -OCH3 is 1. The Kier molecular flexibility index (Phi) is 4.28. The van der Waals surface area contributed by atoms with Crippen LogP contribution in [0.4, 0.5) is 0 Å². The van der Waals surface area contributed by atoms with Crippen LogP contribution in [0.1, 0.15) is 17.3 Å². The third kappa shape index (κ3) is 3.27. The Bertz CT molecular complexity index is 499. The minimum atomic E-state index is -0.162. The van der Waals surface area contributed by atoms with E-state index in [1.807, 2.05) is 30.3 Å². The molecule has 2 N–H and O–H groups in total. The largest absolute Gasteiger partial charge is 0.480 e. The first-order chi connectivity index (χ1) is 8.69. The quantitative estimate of drug-likeness (QED) is 0.942. The highest BCUT2D eigenvalue weighted by Gasteiger charge is 2.09. The van der Waals surface area contributed by atoms with Crippen LogP contribution in [0.2, 0.25) is 0 Å². The van der Waals surface area contributed by atoms with Gasteiger partial charge in [-0.05, 0) is 30.2 Å². The summed E-state index contributed by atoms with van der Waals surface area (Å²) >= 11 is 3.40. The summed E-state index contributed by atoms with van der Waals surface area (Å²) in [6.07, 6.45) is 0.730. The van der Waals surface area contributed by atoms with Crippen LogP contribution in [0.15, 0.2) is 40.9 Å². The molecule has 4 nitrogen and oxygen atoms in total. The summed E-state index contributed by atoms with van der Waals surface area (Å²) in [5.41, 5.74) is 8.03. The van der Waals surface area contributed by atoms with Gasteiger partial charge in [-0.15, -0.1) is 5.10 Å². The standard InChI is InChI=1S/C13H14BrN3O/c1-18-13-7-6-12(16-17-13)11(15)8-9-2-4-10(14)5-3-9/h2-7,11H,8,15H2,1H3. The number of nitrogens with two attached hydrogens (primary N) is 1. The first-order valence-corrected chi connectivity index (χ1v) is 6.36. The molecular weight excluding hydrogens is 294 g/mol. The van der Waals surface area contributed by atoms with Crippen molar-refractivity contribution in [2.24, 2.45) is 5.73 Å². The van der Waals surface area contributed by atoms with Gasteiger partial charge in [0.25, 0.3) is 0 Å². The molecule has 0 spiro atoms. The molecule has 0 amide bonds. The fraction of sp³-hybridized carbons (Fsp3) is 0.231. The van der Waals surface area contributed by atoms with Crippen molar-refractivity contribution in [1.82, 2.24) is 10.2 Å². The number of aromatic nitrogens is 2. The van der Waals surface area contributed by atoms with Gasteiger partial charge in [0.1, 0.15) is 0 Å². The molecule has 1 aromatic heterocycles. The van der Waals surface area contributed by atoms with Crippen LogP contribution in [0.5, 0.6) is 5.88 Å². The van der Waals surface area contributed by atoms with Crippen LogP contribution in [0, 0.1) is 0 Å². The molecule has 0 aliphatic rings. The van der Waals surface area contributed by atoms with E-state index in [0.29, 0.717) is 5.88 Å². The van der Waals surface area contributed by atoms with E-state index in [4.69, 9.17) is 10.5 Å². The molecule has 94 valence electrons. The monoisotopic (exact) mass is 307 g/mol. The highest BCUT2D eigenvalue weighted by Crippen LogP contribution is 2.17. The summed E-state index contributed by atoms with van der Waals surface area (Å²) in [5, 5.41) is 7.97. The van der Waals surface area contributed by atoms with E-state index in [1.165, 1.54) is 5.56 Å². The van der Waals surface area contributed by atoms with Gasteiger partial charge in [0.2, 0.25) is 5.88 Å². The molecule has 0 radical (unpaired) electrons. The van der Waals surface area contributed by atoms with E-state index >= 15 is 0 Å². The molecule has 1 aromatic carbocycles. The van der Waals surface area contributed by atoms with E-state index in [1.54, 1.807) is 13.2 Å². The zero-order valence-corrected chi connectivity index (χ0v) is 11.6. The minimum absolute atomic E-state index is 0.162. The van der Waals surface area contributed by atoms with Gasteiger partial charge in [-0.3, -0.25) is 0 Å². The third-order valence-corrected chi connectivity index (χ3v) is 3.15. The summed E-state index contributed by atoms with van der Waals surface area (Å²) in [5.74, 6) is 0.495. The van der Waals surface area contributed by atoms with Crippen LogP contribution in [-0.2, 0) is 6.42 Å². The van der Waals surface area contributed by atoms with Crippen LogP contribution in [-0.4, -0.2) is 17.3 Å². The molecule has 18 heavy (non-hydrogen) atoms. The average molecular weight is 308 g/mol. The van der Waals surface area contributed by atoms with Gasteiger partial charge in [0.15, 0.2) is 0 Å². The van der Waals surface area contributed by atoms with Crippen LogP contribution < -0.4 is 10.5 Å². The summed E-state index contributed by atoms with van der Waals surface area (Å²) in [4.78, 5) is 0. The van der Waals surface area contributed by atoms with Crippen molar-refractivity contribution in [2.45, 2.75) is 12.5 Å². The van der Waals surface area contributed by atoms with Crippen molar-refractivity contribution >= 4 is 15.9 Å². The fourth-order valence-electron chi connectivity index (χ4n) is 1.62. The lowest BCUT2D eigenvalue weighted by Gasteiger charge is -2.10. The maximum absolute atomic E-state index is 6.10. The predicted molar refractivity (Wildman–Crippen MR) is 73.4 cm³/mol. The van der Waals surface area contributed by atoms with Crippen molar-refractivity contribution in [3.05, 3.63) is 52.1 Å². The van der Waals surface area contributed by atoms with E-state index in [-0.39, 0.29) is 6.04 Å². The van der Waals surface area contributed by atoms with E-state index < -0.39 is 0 Å². The number of halogens is 1. The molecule has 2 aromatic rings. The highest BCUT2D eigenvalue weighted by atomic mass is 79.9.